The molecule has 0 spiro atoms. The number of likely N-dealkylation sites (tertiary alicyclic amines) is 1. The highest BCUT2D eigenvalue weighted by atomic mass is 16.5. The lowest BCUT2D eigenvalue weighted by molar-refractivity contribution is 0.0917. The van der Waals surface area contributed by atoms with E-state index < -0.39 is 0 Å². The number of piperidine rings is 1. The SMILES string of the molecule is Cc1noc(C)c1CNC(=O)c1ccc(CN2CCC(C)CC2)o1. The van der Waals surface area contributed by atoms with Crippen molar-refractivity contribution < 1.29 is 13.7 Å². The molecule has 2 aromatic heterocycles. The fourth-order valence-corrected chi connectivity index (χ4v) is 3.04. The Morgan fingerprint density at radius 3 is 2.75 bits per heavy atom. The van der Waals surface area contributed by atoms with Gasteiger partial charge in [-0.05, 0) is 57.8 Å². The summed E-state index contributed by atoms with van der Waals surface area (Å²) in [7, 11) is 0. The third-order valence-electron chi connectivity index (χ3n) is 4.75. The summed E-state index contributed by atoms with van der Waals surface area (Å²) in [6.07, 6.45) is 2.46. The van der Waals surface area contributed by atoms with Gasteiger partial charge in [0.05, 0.1) is 12.2 Å². The molecule has 130 valence electrons. The van der Waals surface area contributed by atoms with Gasteiger partial charge in [0.15, 0.2) is 5.76 Å². The van der Waals surface area contributed by atoms with Crippen molar-refractivity contribution >= 4 is 5.91 Å². The van der Waals surface area contributed by atoms with Gasteiger partial charge in [0.2, 0.25) is 0 Å². The zero-order valence-corrected chi connectivity index (χ0v) is 14.6. The minimum absolute atomic E-state index is 0.214. The van der Waals surface area contributed by atoms with Crippen LogP contribution in [0.15, 0.2) is 21.1 Å². The van der Waals surface area contributed by atoms with Crippen molar-refractivity contribution in [1.82, 2.24) is 15.4 Å². The first-order valence-electron chi connectivity index (χ1n) is 8.54. The van der Waals surface area contributed by atoms with E-state index in [1.54, 1.807) is 6.07 Å². The number of hydrogen-bond acceptors (Lipinski definition) is 5. The van der Waals surface area contributed by atoms with Crippen LogP contribution in [0.2, 0.25) is 0 Å². The van der Waals surface area contributed by atoms with Crippen molar-refractivity contribution in [1.29, 1.82) is 0 Å². The van der Waals surface area contributed by atoms with E-state index in [-0.39, 0.29) is 5.91 Å². The topological polar surface area (TPSA) is 71.5 Å². The maximum absolute atomic E-state index is 12.2. The van der Waals surface area contributed by atoms with Crippen molar-refractivity contribution in [3.63, 3.8) is 0 Å². The van der Waals surface area contributed by atoms with Crippen LogP contribution in [-0.2, 0) is 13.1 Å². The number of rotatable bonds is 5. The maximum Gasteiger partial charge on any atom is 0.287 e. The molecule has 0 saturated carbocycles. The van der Waals surface area contributed by atoms with Crippen LogP contribution in [0.25, 0.3) is 0 Å². The van der Waals surface area contributed by atoms with E-state index in [0.717, 1.165) is 48.3 Å². The second kappa shape index (κ2) is 7.21. The molecule has 24 heavy (non-hydrogen) atoms. The first-order valence-corrected chi connectivity index (χ1v) is 8.54. The molecule has 0 radical (unpaired) electrons. The molecule has 1 saturated heterocycles. The largest absolute Gasteiger partial charge is 0.455 e. The number of amides is 1. The minimum Gasteiger partial charge on any atom is -0.455 e. The molecule has 3 heterocycles. The summed E-state index contributed by atoms with van der Waals surface area (Å²) in [5.74, 6) is 2.51. The number of carbonyl (C=O) groups excluding carboxylic acids is 1. The van der Waals surface area contributed by atoms with E-state index in [2.05, 4.69) is 22.3 Å². The number of nitrogens with zero attached hydrogens (tertiary/aromatic N) is 2. The van der Waals surface area contributed by atoms with E-state index in [4.69, 9.17) is 8.94 Å². The summed E-state index contributed by atoms with van der Waals surface area (Å²) in [5, 5.41) is 6.75. The van der Waals surface area contributed by atoms with Gasteiger partial charge in [0.25, 0.3) is 5.91 Å². The summed E-state index contributed by atoms with van der Waals surface area (Å²) in [5.41, 5.74) is 1.71. The molecule has 0 aliphatic carbocycles. The Morgan fingerprint density at radius 1 is 1.33 bits per heavy atom. The standard InChI is InChI=1S/C18H25N3O3/c1-12-6-8-21(9-7-12)11-15-4-5-17(23-15)18(22)19-10-16-13(2)20-24-14(16)3/h4-5,12H,6-11H2,1-3H3,(H,19,22). The van der Waals surface area contributed by atoms with E-state index in [0.29, 0.717) is 12.3 Å². The highest BCUT2D eigenvalue weighted by Crippen LogP contribution is 2.19. The van der Waals surface area contributed by atoms with Gasteiger partial charge in [-0.2, -0.15) is 0 Å². The highest BCUT2D eigenvalue weighted by Gasteiger charge is 2.18. The van der Waals surface area contributed by atoms with Crippen molar-refractivity contribution in [2.24, 2.45) is 5.92 Å². The summed E-state index contributed by atoms with van der Waals surface area (Å²) >= 11 is 0. The monoisotopic (exact) mass is 331 g/mol. The molecule has 6 nitrogen and oxygen atoms in total. The Balaban J connectivity index is 1.54. The predicted molar refractivity (Wildman–Crippen MR) is 89.5 cm³/mol. The van der Waals surface area contributed by atoms with Crippen molar-refractivity contribution in [2.45, 2.75) is 46.7 Å². The summed E-state index contributed by atoms with van der Waals surface area (Å²) in [4.78, 5) is 14.6. The van der Waals surface area contributed by atoms with Crippen LogP contribution in [0.1, 0.15) is 53.1 Å². The van der Waals surface area contributed by atoms with Crippen LogP contribution in [-0.4, -0.2) is 29.1 Å². The average Bonchev–Trinajstić information content (AvgIpc) is 3.15. The van der Waals surface area contributed by atoms with E-state index in [1.807, 2.05) is 19.9 Å². The predicted octanol–water partition coefficient (Wildman–Crippen LogP) is 3.05. The van der Waals surface area contributed by atoms with Crippen LogP contribution in [0.3, 0.4) is 0 Å². The zero-order valence-electron chi connectivity index (χ0n) is 14.6. The van der Waals surface area contributed by atoms with Crippen LogP contribution >= 0.6 is 0 Å². The molecule has 6 heteroatoms. The summed E-state index contributed by atoms with van der Waals surface area (Å²) in [6, 6.07) is 3.63. The van der Waals surface area contributed by atoms with E-state index in [9.17, 15) is 4.79 Å². The minimum atomic E-state index is -0.214. The maximum atomic E-state index is 12.2. The van der Waals surface area contributed by atoms with Crippen molar-refractivity contribution in [3.8, 4) is 0 Å². The molecule has 1 aliphatic rings. The third kappa shape index (κ3) is 3.87. The van der Waals surface area contributed by atoms with Gasteiger partial charge in [0, 0.05) is 12.1 Å². The molecule has 0 atom stereocenters. The van der Waals surface area contributed by atoms with Gasteiger partial charge >= 0.3 is 0 Å². The van der Waals surface area contributed by atoms with Crippen LogP contribution in [0.5, 0.6) is 0 Å². The molecular weight excluding hydrogens is 306 g/mol. The number of aryl methyl sites for hydroxylation is 2. The van der Waals surface area contributed by atoms with E-state index >= 15 is 0 Å². The Hall–Kier alpha value is -2.08. The second-order valence-electron chi connectivity index (χ2n) is 6.71. The fourth-order valence-electron chi connectivity index (χ4n) is 3.04. The Bertz CT molecular complexity index is 677. The van der Waals surface area contributed by atoms with Gasteiger partial charge in [-0.25, -0.2) is 0 Å². The molecule has 2 aromatic rings. The van der Waals surface area contributed by atoms with Gasteiger partial charge in [-0.3, -0.25) is 9.69 Å². The lowest BCUT2D eigenvalue weighted by atomic mass is 9.99. The molecule has 0 aromatic carbocycles. The normalized spacial score (nSPS) is 16.5. The zero-order chi connectivity index (χ0) is 17.1. The highest BCUT2D eigenvalue weighted by molar-refractivity contribution is 5.91. The Morgan fingerprint density at radius 2 is 2.08 bits per heavy atom. The van der Waals surface area contributed by atoms with Gasteiger partial charge in [0.1, 0.15) is 11.5 Å². The molecule has 0 bridgehead atoms. The van der Waals surface area contributed by atoms with Crippen LogP contribution in [0.4, 0.5) is 0 Å². The first-order chi connectivity index (χ1) is 11.5. The molecular formula is C18H25N3O3. The molecule has 3 rings (SSSR count). The van der Waals surface area contributed by atoms with Crippen molar-refractivity contribution in [2.75, 3.05) is 13.1 Å². The molecule has 1 N–H and O–H groups in total. The number of carbonyl (C=O) groups is 1. The van der Waals surface area contributed by atoms with E-state index in [1.165, 1.54) is 12.8 Å². The number of furan rings is 1. The van der Waals surface area contributed by atoms with Gasteiger partial charge in [-0.15, -0.1) is 0 Å². The Kier molecular flexibility index (Phi) is 5.04. The summed E-state index contributed by atoms with van der Waals surface area (Å²) in [6.45, 7) is 9.34. The molecule has 0 unspecified atom stereocenters. The lowest BCUT2D eigenvalue weighted by Crippen LogP contribution is -2.32. The molecule has 1 amide bonds. The third-order valence-corrected chi connectivity index (χ3v) is 4.75. The number of hydrogen-bond donors (Lipinski definition) is 1. The van der Waals surface area contributed by atoms with Crippen LogP contribution < -0.4 is 5.32 Å². The molecule has 1 fully saturated rings. The lowest BCUT2D eigenvalue weighted by Gasteiger charge is -2.29. The fraction of sp³-hybridized carbons (Fsp3) is 0.556. The second-order valence-corrected chi connectivity index (χ2v) is 6.71. The summed E-state index contributed by atoms with van der Waals surface area (Å²) < 4.78 is 10.8. The van der Waals surface area contributed by atoms with Crippen LogP contribution in [0, 0.1) is 19.8 Å². The number of aromatic nitrogens is 1. The van der Waals surface area contributed by atoms with Crippen molar-refractivity contribution in [3.05, 3.63) is 40.7 Å². The Labute approximate surface area is 142 Å². The first kappa shape index (κ1) is 16.8. The molecule has 1 aliphatic heterocycles. The quantitative estimate of drug-likeness (QED) is 0.912. The van der Waals surface area contributed by atoms with Gasteiger partial charge in [-0.1, -0.05) is 12.1 Å². The average molecular weight is 331 g/mol. The van der Waals surface area contributed by atoms with Gasteiger partial charge < -0.3 is 14.3 Å². The number of nitrogens with one attached hydrogen (secondary N) is 1. The smallest absolute Gasteiger partial charge is 0.287 e.